The van der Waals surface area contributed by atoms with Gasteiger partial charge in [0.25, 0.3) is 0 Å². The molecular formula is C26H24N6. The monoisotopic (exact) mass is 420 g/mol. The van der Waals surface area contributed by atoms with Gasteiger partial charge in [-0.15, -0.1) is 0 Å². The molecule has 0 spiro atoms. The van der Waals surface area contributed by atoms with Gasteiger partial charge in [0.2, 0.25) is 0 Å². The standard InChI is InChI=1S/C26H24N6/c1-28-22-8-10-30(17-22)23-6-7-24-21(12-23)16-31-15-20(19-4-2-18(14-27)3-5-19)13-25(31)26-29-9-11-32(24)26/h2-7,9,11-13,15,22,28H,8,10,16-17H2,1H3/t22-/m1/s1. The van der Waals surface area contributed by atoms with E-state index in [1.165, 1.54) is 23.4 Å². The molecule has 1 fully saturated rings. The van der Waals surface area contributed by atoms with Crippen LogP contribution in [0.15, 0.2) is 67.1 Å². The molecule has 0 saturated carbocycles. The Bertz CT molecular complexity index is 1340. The summed E-state index contributed by atoms with van der Waals surface area (Å²) in [6, 6.07) is 19.5. The van der Waals surface area contributed by atoms with Crippen LogP contribution in [-0.2, 0) is 6.54 Å². The zero-order valence-corrected chi connectivity index (χ0v) is 18.0. The molecule has 0 amide bonds. The number of imidazole rings is 1. The summed E-state index contributed by atoms with van der Waals surface area (Å²) in [6.07, 6.45) is 7.29. The number of anilines is 1. The first-order valence-electron chi connectivity index (χ1n) is 11.0. The zero-order valence-electron chi connectivity index (χ0n) is 18.0. The second-order valence-electron chi connectivity index (χ2n) is 8.59. The first kappa shape index (κ1) is 18.9. The third-order valence-electron chi connectivity index (χ3n) is 6.74. The van der Waals surface area contributed by atoms with Gasteiger partial charge in [-0.05, 0) is 61.0 Å². The molecule has 1 atom stereocenters. The highest BCUT2D eigenvalue weighted by Crippen LogP contribution is 2.35. The Labute approximate surface area is 187 Å². The smallest absolute Gasteiger partial charge is 0.161 e. The van der Waals surface area contributed by atoms with Gasteiger partial charge >= 0.3 is 0 Å². The molecule has 6 heteroatoms. The van der Waals surface area contributed by atoms with Crippen LogP contribution in [0, 0.1) is 11.3 Å². The van der Waals surface area contributed by atoms with E-state index in [4.69, 9.17) is 10.2 Å². The Balaban J connectivity index is 1.42. The first-order valence-corrected chi connectivity index (χ1v) is 11.0. The second kappa shape index (κ2) is 7.40. The van der Waals surface area contributed by atoms with Crippen molar-refractivity contribution in [2.45, 2.75) is 19.0 Å². The number of nitrogens with zero attached hydrogens (tertiary/aromatic N) is 5. The minimum Gasteiger partial charge on any atom is -0.370 e. The third kappa shape index (κ3) is 3.02. The molecule has 158 valence electrons. The van der Waals surface area contributed by atoms with Gasteiger partial charge in [0, 0.05) is 55.5 Å². The van der Waals surface area contributed by atoms with E-state index in [2.05, 4.69) is 55.9 Å². The molecule has 1 saturated heterocycles. The van der Waals surface area contributed by atoms with E-state index in [0.717, 1.165) is 42.3 Å². The lowest BCUT2D eigenvalue weighted by Gasteiger charge is -2.21. The summed E-state index contributed by atoms with van der Waals surface area (Å²) in [5.41, 5.74) is 7.77. The molecule has 2 aliphatic heterocycles. The van der Waals surface area contributed by atoms with Gasteiger partial charge in [-0.25, -0.2) is 4.98 Å². The predicted molar refractivity (Wildman–Crippen MR) is 126 cm³/mol. The largest absolute Gasteiger partial charge is 0.370 e. The molecule has 6 rings (SSSR count). The van der Waals surface area contributed by atoms with Gasteiger partial charge in [0.15, 0.2) is 5.82 Å². The maximum Gasteiger partial charge on any atom is 0.161 e. The number of hydrogen-bond acceptors (Lipinski definition) is 4. The summed E-state index contributed by atoms with van der Waals surface area (Å²) in [5, 5.41) is 12.5. The Hall–Kier alpha value is -3.82. The first-order chi connectivity index (χ1) is 15.7. The summed E-state index contributed by atoms with van der Waals surface area (Å²) >= 11 is 0. The molecular weight excluding hydrogens is 396 g/mol. The van der Waals surface area contributed by atoms with Gasteiger partial charge in [0.05, 0.1) is 23.0 Å². The van der Waals surface area contributed by atoms with Crippen molar-refractivity contribution in [2.75, 3.05) is 25.0 Å². The molecule has 4 heterocycles. The fourth-order valence-electron chi connectivity index (χ4n) is 4.96. The van der Waals surface area contributed by atoms with Crippen LogP contribution in [0.2, 0.25) is 0 Å². The predicted octanol–water partition coefficient (Wildman–Crippen LogP) is 4.04. The van der Waals surface area contributed by atoms with E-state index in [1.54, 1.807) is 0 Å². The van der Waals surface area contributed by atoms with E-state index in [9.17, 15) is 0 Å². The summed E-state index contributed by atoms with van der Waals surface area (Å²) < 4.78 is 4.49. The van der Waals surface area contributed by atoms with Crippen molar-refractivity contribution in [1.29, 1.82) is 5.26 Å². The molecule has 1 N–H and O–H groups in total. The summed E-state index contributed by atoms with van der Waals surface area (Å²) in [6.45, 7) is 2.92. The second-order valence-corrected chi connectivity index (χ2v) is 8.59. The van der Waals surface area contributed by atoms with E-state index in [1.807, 2.05) is 43.7 Å². The van der Waals surface area contributed by atoms with Crippen LogP contribution in [0.25, 0.3) is 28.3 Å². The summed E-state index contributed by atoms with van der Waals surface area (Å²) in [7, 11) is 2.05. The highest BCUT2D eigenvalue weighted by molar-refractivity contribution is 5.72. The highest BCUT2D eigenvalue weighted by Gasteiger charge is 2.24. The van der Waals surface area contributed by atoms with Crippen LogP contribution < -0.4 is 10.2 Å². The lowest BCUT2D eigenvalue weighted by molar-refractivity contribution is 0.617. The molecule has 4 aromatic rings. The van der Waals surface area contributed by atoms with Crippen molar-refractivity contribution in [3.63, 3.8) is 0 Å². The maximum atomic E-state index is 9.10. The van der Waals surface area contributed by atoms with Gasteiger partial charge < -0.3 is 14.8 Å². The normalized spacial score (nSPS) is 16.8. The Kier molecular flexibility index (Phi) is 4.37. The van der Waals surface area contributed by atoms with E-state index in [0.29, 0.717) is 11.6 Å². The van der Waals surface area contributed by atoms with Crippen molar-refractivity contribution in [2.24, 2.45) is 0 Å². The number of rotatable bonds is 3. The van der Waals surface area contributed by atoms with Crippen molar-refractivity contribution < 1.29 is 0 Å². The molecule has 2 aromatic carbocycles. The van der Waals surface area contributed by atoms with Crippen molar-refractivity contribution >= 4 is 5.69 Å². The molecule has 0 aliphatic carbocycles. The molecule has 0 bridgehead atoms. The van der Waals surface area contributed by atoms with Crippen LogP contribution in [0.3, 0.4) is 0 Å². The van der Waals surface area contributed by atoms with E-state index < -0.39 is 0 Å². The fourth-order valence-corrected chi connectivity index (χ4v) is 4.96. The fraction of sp³-hybridized carbons (Fsp3) is 0.231. The van der Waals surface area contributed by atoms with E-state index >= 15 is 0 Å². The van der Waals surface area contributed by atoms with Crippen molar-refractivity contribution in [3.05, 3.63) is 78.2 Å². The number of likely N-dealkylation sites (N-methyl/N-ethyl adjacent to an activating group) is 1. The Morgan fingerprint density at radius 3 is 2.75 bits per heavy atom. The van der Waals surface area contributed by atoms with E-state index in [-0.39, 0.29) is 0 Å². The van der Waals surface area contributed by atoms with Gasteiger partial charge in [-0.2, -0.15) is 5.26 Å². The maximum absolute atomic E-state index is 9.10. The van der Waals surface area contributed by atoms with Crippen LogP contribution >= 0.6 is 0 Å². The number of hydrogen-bond donors (Lipinski definition) is 1. The number of fused-ring (bicyclic) bond motifs is 5. The SMILES string of the molecule is CN[C@@H]1CCN(c2ccc3c(c2)Cn2cc(-c4ccc(C#N)cc4)cc2-c2nccn2-3)C1. The van der Waals surface area contributed by atoms with Crippen molar-refractivity contribution in [1.82, 2.24) is 19.4 Å². The number of benzene rings is 2. The third-order valence-corrected chi connectivity index (χ3v) is 6.74. The summed E-state index contributed by atoms with van der Waals surface area (Å²) in [4.78, 5) is 7.16. The van der Waals surface area contributed by atoms with Gasteiger partial charge in [-0.1, -0.05) is 12.1 Å². The lowest BCUT2D eigenvalue weighted by atomic mass is 10.1. The number of nitrogens with one attached hydrogen (secondary N) is 1. The molecule has 32 heavy (non-hydrogen) atoms. The minimum atomic E-state index is 0.556. The average Bonchev–Trinajstić information content (AvgIpc) is 3.57. The zero-order chi connectivity index (χ0) is 21.7. The average molecular weight is 421 g/mol. The number of aromatic nitrogens is 3. The molecule has 0 radical (unpaired) electrons. The number of nitriles is 1. The van der Waals surface area contributed by atoms with Crippen LogP contribution in [0.4, 0.5) is 5.69 Å². The molecule has 6 nitrogen and oxygen atoms in total. The molecule has 2 aliphatic rings. The lowest BCUT2D eigenvalue weighted by Crippen LogP contribution is -2.29. The van der Waals surface area contributed by atoms with Gasteiger partial charge in [-0.3, -0.25) is 4.57 Å². The molecule has 0 unspecified atom stereocenters. The quantitative estimate of drug-likeness (QED) is 0.479. The van der Waals surface area contributed by atoms with Crippen LogP contribution in [0.1, 0.15) is 17.5 Å². The summed E-state index contributed by atoms with van der Waals surface area (Å²) in [5.74, 6) is 0.952. The van der Waals surface area contributed by atoms with Crippen LogP contribution in [0.5, 0.6) is 0 Å². The van der Waals surface area contributed by atoms with Gasteiger partial charge in [0.1, 0.15) is 0 Å². The van der Waals surface area contributed by atoms with Crippen molar-refractivity contribution in [3.8, 4) is 34.4 Å². The highest BCUT2D eigenvalue weighted by atomic mass is 15.2. The Morgan fingerprint density at radius 2 is 1.97 bits per heavy atom. The molecule has 2 aromatic heterocycles. The minimum absolute atomic E-state index is 0.556. The Morgan fingerprint density at radius 1 is 1.09 bits per heavy atom. The topological polar surface area (TPSA) is 61.8 Å². The van der Waals surface area contributed by atoms with Crippen LogP contribution in [-0.4, -0.2) is 40.3 Å².